The topological polar surface area (TPSA) is 46.9 Å². The number of carbonyl (C=O) groups is 1. The average molecular weight is 382 g/mol. The van der Waals surface area contributed by atoms with Gasteiger partial charge in [0.1, 0.15) is 5.69 Å². The van der Waals surface area contributed by atoms with Gasteiger partial charge in [-0.05, 0) is 47.3 Å². The van der Waals surface area contributed by atoms with Crippen LogP contribution in [-0.2, 0) is 13.1 Å². The van der Waals surface area contributed by atoms with Gasteiger partial charge in [0.2, 0.25) is 0 Å². The summed E-state index contributed by atoms with van der Waals surface area (Å²) < 4.78 is 3.13. The van der Waals surface area contributed by atoms with E-state index < -0.39 is 0 Å². The third kappa shape index (κ3) is 3.49. The standard InChI is InChI=1S/C20H16ClN3OS/c21-15-5-3-4-14(10-15)13-24-17-7-9-26-19(17)11-18(24)20(25)23-12-16-6-1-2-8-22-16/h1-11H,12-13H2,(H,23,25). The van der Waals surface area contributed by atoms with Gasteiger partial charge in [-0.2, -0.15) is 0 Å². The van der Waals surface area contributed by atoms with Gasteiger partial charge >= 0.3 is 0 Å². The van der Waals surface area contributed by atoms with Gasteiger partial charge in [-0.1, -0.05) is 29.8 Å². The Kier molecular flexibility index (Phi) is 4.73. The van der Waals surface area contributed by atoms with Crippen molar-refractivity contribution in [1.82, 2.24) is 14.9 Å². The van der Waals surface area contributed by atoms with Crippen LogP contribution in [0.3, 0.4) is 0 Å². The molecule has 0 aliphatic heterocycles. The highest BCUT2D eigenvalue weighted by atomic mass is 35.5. The minimum absolute atomic E-state index is 0.110. The third-order valence-corrected chi connectivity index (χ3v) is 5.23. The van der Waals surface area contributed by atoms with Crippen molar-refractivity contribution >= 4 is 39.1 Å². The Labute approximate surface area is 160 Å². The number of benzene rings is 1. The second kappa shape index (κ2) is 7.32. The van der Waals surface area contributed by atoms with Crippen LogP contribution in [0, 0.1) is 0 Å². The number of hydrogen-bond donors (Lipinski definition) is 1. The molecule has 3 aromatic heterocycles. The van der Waals surface area contributed by atoms with Crippen molar-refractivity contribution in [3.05, 3.63) is 88.1 Å². The van der Waals surface area contributed by atoms with Crippen LogP contribution in [0.5, 0.6) is 0 Å². The fourth-order valence-corrected chi connectivity index (χ4v) is 3.95. The maximum absolute atomic E-state index is 12.8. The second-order valence-electron chi connectivity index (χ2n) is 5.92. The van der Waals surface area contributed by atoms with Gasteiger partial charge in [-0.15, -0.1) is 11.3 Å². The van der Waals surface area contributed by atoms with Gasteiger partial charge in [0.05, 0.1) is 22.5 Å². The summed E-state index contributed by atoms with van der Waals surface area (Å²) in [4.78, 5) is 17.0. The van der Waals surface area contributed by atoms with Crippen molar-refractivity contribution in [2.45, 2.75) is 13.1 Å². The number of fused-ring (bicyclic) bond motifs is 1. The number of carbonyl (C=O) groups excluding carboxylic acids is 1. The summed E-state index contributed by atoms with van der Waals surface area (Å²) in [5, 5.41) is 5.69. The largest absolute Gasteiger partial charge is 0.345 e. The van der Waals surface area contributed by atoms with E-state index in [0.29, 0.717) is 23.8 Å². The van der Waals surface area contributed by atoms with Crippen LogP contribution in [0.4, 0.5) is 0 Å². The number of hydrogen-bond acceptors (Lipinski definition) is 3. The molecule has 0 fully saturated rings. The van der Waals surface area contributed by atoms with E-state index in [9.17, 15) is 4.79 Å². The van der Waals surface area contributed by atoms with Crippen molar-refractivity contribution in [3.63, 3.8) is 0 Å². The number of rotatable bonds is 5. The summed E-state index contributed by atoms with van der Waals surface area (Å²) in [6.07, 6.45) is 1.72. The molecular weight excluding hydrogens is 366 g/mol. The zero-order valence-electron chi connectivity index (χ0n) is 13.9. The minimum Gasteiger partial charge on any atom is -0.345 e. The summed E-state index contributed by atoms with van der Waals surface area (Å²) in [7, 11) is 0. The van der Waals surface area contributed by atoms with Gasteiger partial charge in [-0.3, -0.25) is 9.78 Å². The first-order valence-corrected chi connectivity index (χ1v) is 9.46. The normalized spacial score (nSPS) is 11.0. The first-order chi connectivity index (χ1) is 12.7. The molecule has 4 aromatic rings. The molecule has 26 heavy (non-hydrogen) atoms. The van der Waals surface area contributed by atoms with Crippen molar-refractivity contribution in [2.24, 2.45) is 0 Å². The van der Waals surface area contributed by atoms with E-state index in [1.165, 1.54) is 0 Å². The summed E-state index contributed by atoms with van der Waals surface area (Å²) >= 11 is 7.74. The van der Waals surface area contributed by atoms with Crippen molar-refractivity contribution in [2.75, 3.05) is 0 Å². The van der Waals surface area contributed by atoms with E-state index in [4.69, 9.17) is 11.6 Å². The van der Waals surface area contributed by atoms with Gasteiger partial charge in [0, 0.05) is 17.8 Å². The number of halogens is 1. The minimum atomic E-state index is -0.110. The predicted molar refractivity (Wildman–Crippen MR) is 106 cm³/mol. The van der Waals surface area contributed by atoms with Crippen molar-refractivity contribution in [1.29, 1.82) is 0 Å². The van der Waals surface area contributed by atoms with Crippen LogP contribution in [-0.4, -0.2) is 15.5 Å². The Morgan fingerprint density at radius 2 is 2.08 bits per heavy atom. The molecule has 0 atom stereocenters. The number of nitrogens with zero attached hydrogens (tertiary/aromatic N) is 2. The first-order valence-electron chi connectivity index (χ1n) is 8.20. The van der Waals surface area contributed by atoms with Crippen LogP contribution in [0.25, 0.3) is 10.2 Å². The molecule has 0 unspecified atom stereocenters. The Balaban J connectivity index is 1.62. The lowest BCUT2D eigenvalue weighted by molar-refractivity contribution is 0.0942. The lowest BCUT2D eigenvalue weighted by Gasteiger charge is -2.11. The quantitative estimate of drug-likeness (QED) is 0.543. The Morgan fingerprint density at radius 1 is 1.15 bits per heavy atom. The highest BCUT2D eigenvalue weighted by molar-refractivity contribution is 7.17. The summed E-state index contributed by atoms with van der Waals surface area (Å²) in [5.41, 5.74) is 3.58. The molecule has 1 aromatic carbocycles. The lowest BCUT2D eigenvalue weighted by Crippen LogP contribution is -2.26. The lowest BCUT2D eigenvalue weighted by atomic mass is 10.2. The molecule has 130 valence electrons. The van der Waals surface area contributed by atoms with Gasteiger partial charge in [0.15, 0.2) is 0 Å². The number of aromatic nitrogens is 2. The SMILES string of the molecule is O=C(NCc1ccccn1)c1cc2sccc2n1Cc1cccc(Cl)c1. The number of pyridine rings is 1. The monoisotopic (exact) mass is 381 g/mol. The molecule has 3 heterocycles. The number of amides is 1. The van der Waals surface area contributed by atoms with Crippen LogP contribution in [0.1, 0.15) is 21.7 Å². The van der Waals surface area contributed by atoms with E-state index in [0.717, 1.165) is 21.5 Å². The fourth-order valence-electron chi connectivity index (χ4n) is 2.92. The van der Waals surface area contributed by atoms with E-state index in [-0.39, 0.29) is 5.91 Å². The van der Waals surface area contributed by atoms with Crippen molar-refractivity contribution in [3.8, 4) is 0 Å². The Bertz CT molecular complexity index is 1060. The van der Waals surface area contributed by atoms with Crippen molar-refractivity contribution < 1.29 is 4.79 Å². The molecule has 0 aliphatic carbocycles. The smallest absolute Gasteiger partial charge is 0.268 e. The van der Waals surface area contributed by atoms with Crippen LogP contribution < -0.4 is 5.32 Å². The molecule has 0 bridgehead atoms. The van der Waals surface area contributed by atoms with E-state index in [2.05, 4.69) is 10.3 Å². The van der Waals surface area contributed by atoms with Crippen LogP contribution >= 0.6 is 22.9 Å². The highest BCUT2D eigenvalue weighted by Crippen LogP contribution is 2.26. The fraction of sp³-hybridized carbons (Fsp3) is 0.100. The molecule has 0 saturated carbocycles. The summed E-state index contributed by atoms with van der Waals surface area (Å²) in [6.45, 7) is 0.989. The van der Waals surface area contributed by atoms with Crippen LogP contribution in [0.2, 0.25) is 5.02 Å². The first kappa shape index (κ1) is 16.8. The molecular formula is C20H16ClN3OS. The van der Waals surface area contributed by atoms with Gasteiger partial charge in [-0.25, -0.2) is 0 Å². The zero-order chi connectivity index (χ0) is 17.9. The molecule has 4 nitrogen and oxygen atoms in total. The maximum atomic E-state index is 12.8. The summed E-state index contributed by atoms with van der Waals surface area (Å²) in [6, 6.07) is 17.4. The highest BCUT2D eigenvalue weighted by Gasteiger charge is 2.16. The average Bonchev–Trinajstić information content (AvgIpc) is 3.23. The Hall–Kier alpha value is -2.63. The molecule has 0 aliphatic rings. The molecule has 0 saturated heterocycles. The molecule has 6 heteroatoms. The zero-order valence-corrected chi connectivity index (χ0v) is 15.4. The number of nitrogens with one attached hydrogen (secondary N) is 1. The van der Waals surface area contributed by atoms with Gasteiger partial charge < -0.3 is 9.88 Å². The van der Waals surface area contributed by atoms with E-state index in [1.54, 1.807) is 17.5 Å². The number of thiophene rings is 1. The summed E-state index contributed by atoms with van der Waals surface area (Å²) in [5.74, 6) is -0.110. The third-order valence-electron chi connectivity index (χ3n) is 4.14. The Morgan fingerprint density at radius 3 is 2.88 bits per heavy atom. The molecule has 4 rings (SSSR count). The predicted octanol–water partition coefficient (Wildman–Crippen LogP) is 4.73. The van der Waals surface area contributed by atoms with E-state index in [1.807, 2.05) is 64.5 Å². The molecule has 0 spiro atoms. The molecule has 1 N–H and O–H groups in total. The molecule has 0 radical (unpaired) electrons. The molecule has 1 amide bonds. The maximum Gasteiger partial charge on any atom is 0.268 e. The second-order valence-corrected chi connectivity index (χ2v) is 7.30. The van der Waals surface area contributed by atoms with Crippen LogP contribution in [0.15, 0.2) is 66.2 Å². The van der Waals surface area contributed by atoms with E-state index >= 15 is 0 Å². The van der Waals surface area contributed by atoms with Gasteiger partial charge in [0.25, 0.3) is 5.91 Å².